The first kappa shape index (κ1) is 16.8. The zero-order valence-electron chi connectivity index (χ0n) is 14.5. The number of aromatic nitrogens is 2. The smallest absolute Gasteiger partial charge is 0.226 e. The molecule has 1 aromatic heterocycles. The molecule has 1 aromatic rings. The Morgan fingerprint density at radius 3 is 2.77 bits per heavy atom. The van der Waals surface area contributed by atoms with E-state index < -0.39 is 0 Å². The van der Waals surface area contributed by atoms with Crippen LogP contribution in [0.5, 0.6) is 0 Å². The molecule has 0 atom stereocenters. The monoisotopic (exact) mass is 307 g/mol. The van der Waals surface area contributed by atoms with E-state index in [-0.39, 0.29) is 0 Å². The molecule has 1 fully saturated rings. The summed E-state index contributed by atoms with van der Waals surface area (Å²) in [5, 5.41) is 7.42. The van der Waals surface area contributed by atoms with Gasteiger partial charge in [0.2, 0.25) is 5.89 Å². The number of rotatable bonds is 5. The van der Waals surface area contributed by atoms with Crippen molar-refractivity contribution in [3.63, 3.8) is 0 Å². The van der Waals surface area contributed by atoms with Gasteiger partial charge in [0.15, 0.2) is 11.8 Å². The predicted molar refractivity (Wildman–Crippen MR) is 88.0 cm³/mol. The van der Waals surface area contributed by atoms with Crippen molar-refractivity contribution in [2.45, 2.75) is 52.9 Å². The van der Waals surface area contributed by atoms with E-state index in [9.17, 15) is 0 Å². The van der Waals surface area contributed by atoms with Crippen molar-refractivity contribution in [3.05, 3.63) is 11.7 Å². The maximum Gasteiger partial charge on any atom is 0.226 e. The molecule has 2 heterocycles. The Labute approximate surface area is 133 Å². The van der Waals surface area contributed by atoms with Crippen LogP contribution in [0.2, 0.25) is 0 Å². The standard InChI is InChI=1S/C16H29N5O/c1-12(2)14-19-13(22-20-14)7-6-9-18-15(17-5)21-10-8-16(3,4)11-21/h12H,6-11H2,1-5H3,(H,17,18). The van der Waals surface area contributed by atoms with Gasteiger partial charge in [-0.05, 0) is 18.3 Å². The molecule has 0 aromatic carbocycles. The first-order valence-electron chi connectivity index (χ1n) is 8.19. The second-order valence-corrected chi connectivity index (χ2v) is 7.11. The Balaban J connectivity index is 1.73. The Hall–Kier alpha value is -1.59. The molecule has 0 spiro atoms. The van der Waals surface area contributed by atoms with Crippen LogP contribution in [0.15, 0.2) is 9.52 Å². The van der Waals surface area contributed by atoms with Gasteiger partial charge >= 0.3 is 0 Å². The number of nitrogens with one attached hydrogen (secondary N) is 1. The lowest BCUT2D eigenvalue weighted by Crippen LogP contribution is -2.41. The molecule has 0 saturated carbocycles. The van der Waals surface area contributed by atoms with E-state index in [0.717, 1.165) is 50.2 Å². The number of hydrogen-bond donors (Lipinski definition) is 1. The molecule has 2 rings (SSSR count). The molecule has 1 aliphatic heterocycles. The minimum atomic E-state index is 0.313. The fourth-order valence-corrected chi connectivity index (χ4v) is 2.67. The molecule has 0 bridgehead atoms. The van der Waals surface area contributed by atoms with E-state index in [1.54, 1.807) is 0 Å². The fraction of sp³-hybridized carbons (Fsp3) is 0.812. The molecular weight excluding hydrogens is 278 g/mol. The van der Waals surface area contributed by atoms with Crippen LogP contribution in [0.4, 0.5) is 0 Å². The van der Waals surface area contributed by atoms with Crippen molar-refractivity contribution >= 4 is 5.96 Å². The van der Waals surface area contributed by atoms with Crippen molar-refractivity contribution in [2.75, 3.05) is 26.7 Å². The van der Waals surface area contributed by atoms with Gasteiger partial charge < -0.3 is 14.7 Å². The van der Waals surface area contributed by atoms with Gasteiger partial charge in [-0.25, -0.2) is 0 Å². The van der Waals surface area contributed by atoms with Gasteiger partial charge in [-0.2, -0.15) is 4.98 Å². The summed E-state index contributed by atoms with van der Waals surface area (Å²) < 4.78 is 5.26. The van der Waals surface area contributed by atoms with Crippen LogP contribution in [0.3, 0.4) is 0 Å². The number of nitrogens with zero attached hydrogens (tertiary/aromatic N) is 4. The van der Waals surface area contributed by atoms with Gasteiger partial charge in [0, 0.05) is 39.0 Å². The number of aliphatic imine (C=N–C) groups is 1. The van der Waals surface area contributed by atoms with Crippen molar-refractivity contribution in [2.24, 2.45) is 10.4 Å². The van der Waals surface area contributed by atoms with E-state index in [0.29, 0.717) is 11.3 Å². The third-order valence-corrected chi connectivity index (χ3v) is 4.04. The van der Waals surface area contributed by atoms with Crippen molar-refractivity contribution in [1.29, 1.82) is 0 Å². The first-order chi connectivity index (χ1) is 10.4. The Bertz CT molecular complexity index is 506. The molecule has 0 amide bonds. The zero-order valence-corrected chi connectivity index (χ0v) is 14.5. The van der Waals surface area contributed by atoms with Crippen molar-refractivity contribution in [1.82, 2.24) is 20.4 Å². The average Bonchev–Trinajstić information content (AvgIpc) is 3.05. The molecule has 0 radical (unpaired) electrons. The molecular formula is C16H29N5O. The van der Waals surface area contributed by atoms with Crippen LogP contribution in [0, 0.1) is 5.41 Å². The molecule has 0 aliphatic carbocycles. The van der Waals surface area contributed by atoms with Gasteiger partial charge in [0.1, 0.15) is 0 Å². The van der Waals surface area contributed by atoms with E-state index in [2.05, 4.69) is 53.0 Å². The van der Waals surface area contributed by atoms with E-state index in [4.69, 9.17) is 4.52 Å². The summed E-state index contributed by atoms with van der Waals surface area (Å²) in [6, 6.07) is 0. The van der Waals surface area contributed by atoms with E-state index in [1.165, 1.54) is 6.42 Å². The summed E-state index contributed by atoms with van der Waals surface area (Å²) in [6.07, 6.45) is 2.97. The maximum absolute atomic E-state index is 5.26. The third kappa shape index (κ3) is 4.45. The quantitative estimate of drug-likeness (QED) is 0.514. The first-order valence-corrected chi connectivity index (χ1v) is 8.19. The SMILES string of the molecule is CN=C(NCCCc1nc(C(C)C)no1)N1CCC(C)(C)C1. The summed E-state index contributed by atoms with van der Waals surface area (Å²) in [6.45, 7) is 11.8. The summed E-state index contributed by atoms with van der Waals surface area (Å²) >= 11 is 0. The fourth-order valence-electron chi connectivity index (χ4n) is 2.67. The maximum atomic E-state index is 5.26. The minimum Gasteiger partial charge on any atom is -0.356 e. The molecule has 0 unspecified atom stereocenters. The third-order valence-electron chi connectivity index (χ3n) is 4.04. The Kier molecular flexibility index (Phi) is 5.42. The van der Waals surface area contributed by atoms with Crippen LogP contribution in [0.1, 0.15) is 58.2 Å². The van der Waals surface area contributed by atoms with Gasteiger partial charge in [-0.1, -0.05) is 32.9 Å². The molecule has 1 aliphatic rings. The topological polar surface area (TPSA) is 66.5 Å². The highest BCUT2D eigenvalue weighted by Crippen LogP contribution is 2.28. The van der Waals surface area contributed by atoms with Crippen LogP contribution in [-0.4, -0.2) is 47.7 Å². The largest absolute Gasteiger partial charge is 0.356 e. The molecule has 1 N–H and O–H groups in total. The lowest BCUT2D eigenvalue weighted by molar-refractivity contribution is 0.365. The Morgan fingerprint density at radius 2 is 2.23 bits per heavy atom. The second kappa shape index (κ2) is 7.11. The highest BCUT2D eigenvalue weighted by atomic mass is 16.5. The molecule has 1 saturated heterocycles. The number of aryl methyl sites for hydroxylation is 1. The minimum absolute atomic E-state index is 0.313. The summed E-state index contributed by atoms with van der Waals surface area (Å²) in [4.78, 5) is 11.1. The molecule has 6 nitrogen and oxygen atoms in total. The number of likely N-dealkylation sites (tertiary alicyclic amines) is 1. The van der Waals surface area contributed by atoms with Crippen LogP contribution >= 0.6 is 0 Å². The van der Waals surface area contributed by atoms with Crippen LogP contribution in [-0.2, 0) is 6.42 Å². The van der Waals surface area contributed by atoms with Crippen LogP contribution < -0.4 is 5.32 Å². The zero-order chi connectivity index (χ0) is 16.2. The summed E-state index contributed by atoms with van der Waals surface area (Å²) in [5.41, 5.74) is 0.384. The van der Waals surface area contributed by atoms with Crippen molar-refractivity contribution < 1.29 is 4.52 Å². The molecule has 22 heavy (non-hydrogen) atoms. The lowest BCUT2D eigenvalue weighted by atomic mass is 9.93. The van der Waals surface area contributed by atoms with Crippen LogP contribution in [0.25, 0.3) is 0 Å². The average molecular weight is 307 g/mol. The Morgan fingerprint density at radius 1 is 1.45 bits per heavy atom. The van der Waals surface area contributed by atoms with Gasteiger partial charge in [-0.3, -0.25) is 4.99 Å². The van der Waals surface area contributed by atoms with E-state index in [1.807, 2.05) is 7.05 Å². The van der Waals surface area contributed by atoms with Gasteiger partial charge in [0.05, 0.1) is 0 Å². The highest BCUT2D eigenvalue weighted by Gasteiger charge is 2.30. The lowest BCUT2D eigenvalue weighted by Gasteiger charge is -2.23. The predicted octanol–water partition coefficient (Wildman–Crippen LogP) is 2.43. The number of guanidine groups is 1. The van der Waals surface area contributed by atoms with Gasteiger partial charge in [-0.15, -0.1) is 0 Å². The highest BCUT2D eigenvalue weighted by molar-refractivity contribution is 5.80. The van der Waals surface area contributed by atoms with Gasteiger partial charge in [0.25, 0.3) is 0 Å². The normalized spacial score (nSPS) is 18.3. The van der Waals surface area contributed by atoms with E-state index >= 15 is 0 Å². The number of hydrogen-bond acceptors (Lipinski definition) is 4. The summed E-state index contributed by atoms with van der Waals surface area (Å²) in [7, 11) is 1.85. The summed E-state index contributed by atoms with van der Waals surface area (Å²) in [5.74, 6) is 2.83. The van der Waals surface area contributed by atoms with Crippen molar-refractivity contribution in [3.8, 4) is 0 Å². The molecule has 6 heteroatoms. The second-order valence-electron chi connectivity index (χ2n) is 7.11. The molecule has 124 valence electrons.